The van der Waals surface area contributed by atoms with Crippen molar-refractivity contribution in [1.82, 2.24) is 9.47 Å². The van der Waals surface area contributed by atoms with Gasteiger partial charge in [-0.25, -0.2) is 8.78 Å². The maximum atomic E-state index is 14.2. The molecule has 3 aliphatic rings. The highest BCUT2D eigenvalue weighted by atomic mass is 19.1. The number of carbonyl (C=O) groups excluding carboxylic acids is 1. The number of nitrogens with zero attached hydrogens (tertiary/aromatic N) is 4. The lowest BCUT2D eigenvalue weighted by Crippen LogP contribution is -2.66. The lowest BCUT2D eigenvalue weighted by atomic mass is 10.1. The Morgan fingerprint density at radius 3 is 2.06 bits per heavy atom. The van der Waals surface area contributed by atoms with Gasteiger partial charge in [-0.2, -0.15) is 0 Å². The quantitative estimate of drug-likeness (QED) is 0.143. The third-order valence-corrected chi connectivity index (χ3v) is 10.4. The maximum Gasteiger partial charge on any atom is 0.263 e. The number of hydrogen-bond acceptors (Lipinski definition) is 6. The molecule has 3 saturated heterocycles. The highest BCUT2D eigenvalue weighted by molar-refractivity contribution is 6.07. The Kier molecular flexibility index (Phi) is 9.98. The second-order valence-electron chi connectivity index (χ2n) is 13.6. The molecule has 3 aliphatic heterocycles. The molecule has 5 aromatic rings. The van der Waals surface area contributed by atoms with Crippen LogP contribution < -0.4 is 24.5 Å². The van der Waals surface area contributed by atoms with E-state index in [-0.39, 0.29) is 23.2 Å². The number of anilines is 1. The molecule has 8 rings (SSSR count). The summed E-state index contributed by atoms with van der Waals surface area (Å²) in [5.74, 6) is -0.802. The highest BCUT2D eigenvalue weighted by Crippen LogP contribution is 2.30. The summed E-state index contributed by atoms with van der Waals surface area (Å²) in [5.41, 5.74) is 2.90. The first-order chi connectivity index (χ1) is 25.2. The van der Waals surface area contributed by atoms with Crippen molar-refractivity contribution in [1.29, 1.82) is 0 Å². The Labute approximate surface area is 301 Å². The molecule has 4 aromatic carbocycles. The van der Waals surface area contributed by atoms with E-state index >= 15 is 0 Å². The Bertz CT molecular complexity index is 2110. The standard InChI is InChI=1S/C41H43F2N4O5/c1-4-45(32-20-30(42)19-31(43)21-32)41(49)38-26-46(33-22-35(50-2)24-36(23-33)51-3)39-25-34(9-10-37(39)40(38)48)52-18-11-28-5-7-29(8-6-28)27-47-15-12-44(13-16-47)14-17-47/h5-10,19-26H,4,11-18,27H2,1-3H3/q+1. The molecule has 52 heavy (non-hydrogen) atoms. The van der Waals surface area contributed by atoms with Crippen molar-refractivity contribution in [3.05, 3.63) is 124 Å². The number of amides is 1. The summed E-state index contributed by atoms with van der Waals surface area (Å²) in [5, 5.41) is 0.263. The van der Waals surface area contributed by atoms with E-state index in [0.717, 1.165) is 24.7 Å². The fourth-order valence-corrected chi connectivity index (χ4v) is 7.43. The van der Waals surface area contributed by atoms with Crippen molar-refractivity contribution in [3.8, 4) is 22.9 Å². The monoisotopic (exact) mass is 709 g/mol. The minimum Gasteiger partial charge on any atom is -0.497 e. The number of carbonyl (C=O) groups is 1. The number of quaternary nitrogens is 1. The molecule has 0 saturated carbocycles. The predicted molar refractivity (Wildman–Crippen MR) is 197 cm³/mol. The van der Waals surface area contributed by atoms with Crippen LogP contribution in [-0.4, -0.2) is 86.5 Å². The van der Waals surface area contributed by atoms with Crippen LogP contribution in [0.2, 0.25) is 0 Å². The SMILES string of the molecule is CCN(C(=O)c1cn(-c2cc(OC)cc(OC)c2)c2cc(OCCc3ccc(C[N+]45CCN(CC4)CC5)cc3)ccc2c1=O)c1cc(F)cc(F)c1. The average molecular weight is 710 g/mol. The van der Waals surface area contributed by atoms with Crippen molar-refractivity contribution in [2.75, 3.05) is 71.5 Å². The summed E-state index contributed by atoms with van der Waals surface area (Å²) in [7, 11) is 3.07. The molecule has 9 nitrogen and oxygen atoms in total. The number of pyridine rings is 1. The number of ether oxygens (including phenoxy) is 3. The van der Waals surface area contributed by atoms with Gasteiger partial charge in [0.2, 0.25) is 5.43 Å². The van der Waals surface area contributed by atoms with E-state index in [2.05, 4.69) is 29.2 Å². The molecular formula is C41H43F2N4O5+. The average Bonchev–Trinajstić information content (AvgIpc) is 3.16. The first-order valence-electron chi connectivity index (χ1n) is 17.7. The second kappa shape index (κ2) is 14.8. The first-order valence-corrected chi connectivity index (χ1v) is 17.7. The van der Waals surface area contributed by atoms with Gasteiger partial charge in [0.25, 0.3) is 5.91 Å². The van der Waals surface area contributed by atoms with Gasteiger partial charge in [0, 0.05) is 85.8 Å². The van der Waals surface area contributed by atoms with Crippen molar-refractivity contribution >= 4 is 22.5 Å². The normalized spacial score (nSPS) is 18.0. The molecule has 0 unspecified atom stereocenters. The molecule has 2 bridgehead atoms. The summed E-state index contributed by atoms with van der Waals surface area (Å²) < 4.78 is 48.5. The lowest BCUT2D eigenvalue weighted by molar-refractivity contribution is -0.953. The third kappa shape index (κ3) is 7.24. The van der Waals surface area contributed by atoms with Crippen LogP contribution in [0, 0.1) is 11.6 Å². The molecule has 270 valence electrons. The van der Waals surface area contributed by atoms with Gasteiger partial charge in [0.15, 0.2) is 0 Å². The van der Waals surface area contributed by atoms with Crippen LogP contribution in [0.1, 0.15) is 28.4 Å². The fourth-order valence-electron chi connectivity index (χ4n) is 7.43. The second-order valence-corrected chi connectivity index (χ2v) is 13.6. The molecule has 0 aliphatic carbocycles. The van der Waals surface area contributed by atoms with Gasteiger partial charge in [-0.1, -0.05) is 24.3 Å². The topological polar surface area (TPSA) is 73.2 Å². The van der Waals surface area contributed by atoms with Crippen molar-refractivity contribution < 1.29 is 32.3 Å². The molecule has 1 amide bonds. The molecule has 0 atom stereocenters. The molecule has 3 fully saturated rings. The van der Waals surface area contributed by atoms with Crippen molar-refractivity contribution in [2.45, 2.75) is 19.9 Å². The summed E-state index contributed by atoms with van der Waals surface area (Å²) in [6.07, 6.45) is 2.15. The third-order valence-electron chi connectivity index (χ3n) is 10.4. The van der Waals surface area contributed by atoms with Crippen molar-refractivity contribution in [2.24, 2.45) is 0 Å². The lowest BCUT2D eigenvalue weighted by Gasteiger charge is -2.50. The molecule has 11 heteroatoms. The van der Waals surface area contributed by atoms with Crippen LogP contribution in [0.25, 0.3) is 16.6 Å². The molecule has 4 heterocycles. The van der Waals surface area contributed by atoms with Crippen LogP contribution >= 0.6 is 0 Å². The molecular weight excluding hydrogens is 666 g/mol. The van der Waals surface area contributed by atoms with E-state index in [1.165, 1.54) is 80.2 Å². The van der Waals surface area contributed by atoms with Crippen LogP contribution in [0.5, 0.6) is 17.2 Å². The number of piperazine rings is 3. The number of methoxy groups -OCH3 is 2. The van der Waals surface area contributed by atoms with Gasteiger partial charge in [-0.05, 0) is 36.8 Å². The predicted octanol–water partition coefficient (Wildman–Crippen LogP) is 6.22. The van der Waals surface area contributed by atoms with Gasteiger partial charge < -0.3 is 28.2 Å². The van der Waals surface area contributed by atoms with E-state index in [1.807, 2.05) is 0 Å². The Balaban J connectivity index is 1.17. The number of halogens is 2. The van der Waals surface area contributed by atoms with E-state index in [0.29, 0.717) is 41.5 Å². The minimum absolute atomic E-state index is 0.00544. The minimum atomic E-state index is -0.829. The number of fused-ring (bicyclic) bond motifs is 4. The van der Waals surface area contributed by atoms with Gasteiger partial charge in [-0.15, -0.1) is 0 Å². The zero-order valence-electron chi connectivity index (χ0n) is 29.7. The van der Waals surface area contributed by atoms with Crippen LogP contribution in [0.3, 0.4) is 0 Å². The molecule has 0 spiro atoms. The zero-order chi connectivity index (χ0) is 36.4. The van der Waals surface area contributed by atoms with Gasteiger partial charge in [0.05, 0.1) is 51.7 Å². The highest BCUT2D eigenvalue weighted by Gasteiger charge is 2.38. The molecule has 0 radical (unpaired) electrons. The summed E-state index contributed by atoms with van der Waals surface area (Å²) in [6.45, 7) is 10.5. The van der Waals surface area contributed by atoms with E-state index in [1.54, 1.807) is 47.9 Å². The van der Waals surface area contributed by atoms with E-state index in [4.69, 9.17) is 14.2 Å². The Hall–Kier alpha value is -5.26. The molecule has 0 N–H and O–H groups in total. The summed E-state index contributed by atoms with van der Waals surface area (Å²) in [6, 6.07) is 22.1. The maximum absolute atomic E-state index is 14.2. The van der Waals surface area contributed by atoms with E-state index in [9.17, 15) is 18.4 Å². The fraction of sp³-hybridized carbons (Fsp3) is 0.317. The van der Waals surface area contributed by atoms with Crippen LogP contribution in [-0.2, 0) is 13.0 Å². The number of rotatable bonds is 12. The largest absolute Gasteiger partial charge is 0.497 e. The van der Waals surface area contributed by atoms with Crippen LogP contribution in [0.4, 0.5) is 14.5 Å². The number of aromatic nitrogens is 1. The van der Waals surface area contributed by atoms with Crippen LogP contribution in [0.15, 0.2) is 89.9 Å². The number of hydrogen-bond donors (Lipinski definition) is 0. The number of benzene rings is 4. The zero-order valence-corrected chi connectivity index (χ0v) is 29.7. The molecule has 1 aromatic heterocycles. The van der Waals surface area contributed by atoms with Gasteiger partial charge in [0.1, 0.15) is 41.0 Å². The summed E-state index contributed by atoms with van der Waals surface area (Å²) >= 11 is 0. The van der Waals surface area contributed by atoms with Gasteiger partial charge >= 0.3 is 0 Å². The van der Waals surface area contributed by atoms with E-state index < -0.39 is 23.0 Å². The smallest absolute Gasteiger partial charge is 0.263 e. The Morgan fingerprint density at radius 1 is 0.808 bits per heavy atom. The summed E-state index contributed by atoms with van der Waals surface area (Å²) in [4.78, 5) is 31.7. The van der Waals surface area contributed by atoms with Crippen molar-refractivity contribution in [3.63, 3.8) is 0 Å². The first kappa shape index (κ1) is 35.2. The Morgan fingerprint density at radius 2 is 1.44 bits per heavy atom. The van der Waals surface area contributed by atoms with Gasteiger partial charge in [-0.3, -0.25) is 14.5 Å².